The number of hydrogen-bond acceptors (Lipinski definition) is 6. The minimum atomic E-state index is -0.166. The van der Waals surface area contributed by atoms with E-state index in [1.54, 1.807) is 0 Å². The van der Waals surface area contributed by atoms with Gasteiger partial charge in [0.2, 0.25) is 0 Å². The van der Waals surface area contributed by atoms with E-state index >= 15 is 0 Å². The number of nitrogens with zero attached hydrogens (tertiary/aromatic N) is 4. The molecule has 3 aliphatic rings. The monoisotopic (exact) mass is 454 g/mol. The molecule has 3 heterocycles. The summed E-state index contributed by atoms with van der Waals surface area (Å²) in [5, 5.41) is 14.9. The minimum Gasteiger partial charge on any atom is -0.371 e. The van der Waals surface area contributed by atoms with E-state index in [1.165, 1.54) is 24.8 Å². The van der Waals surface area contributed by atoms with E-state index in [0.717, 1.165) is 25.1 Å². The van der Waals surface area contributed by atoms with Crippen molar-refractivity contribution in [2.24, 2.45) is 0 Å². The van der Waals surface area contributed by atoms with Gasteiger partial charge in [-0.2, -0.15) is 0 Å². The van der Waals surface area contributed by atoms with E-state index in [4.69, 9.17) is 9.47 Å². The molecule has 4 atom stereocenters. The van der Waals surface area contributed by atoms with E-state index < -0.39 is 0 Å². The van der Waals surface area contributed by atoms with Crippen LogP contribution in [0.2, 0.25) is 0 Å². The zero-order valence-corrected chi connectivity index (χ0v) is 19.2. The molecule has 2 N–H and O–H groups in total. The van der Waals surface area contributed by atoms with Crippen molar-refractivity contribution in [3.63, 3.8) is 0 Å². The van der Waals surface area contributed by atoms with Gasteiger partial charge < -0.3 is 20.1 Å². The van der Waals surface area contributed by atoms with Crippen LogP contribution in [0.15, 0.2) is 36.5 Å². The molecule has 33 heavy (non-hydrogen) atoms. The first-order valence-electron chi connectivity index (χ1n) is 12.1. The summed E-state index contributed by atoms with van der Waals surface area (Å²) in [6, 6.07) is 10.4. The van der Waals surface area contributed by atoms with Crippen LogP contribution >= 0.6 is 0 Å². The van der Waals surface area contributed by atoms with Crippen molar-refractivity contribution in [3.05, 3.63) is 47.8 Å². The molecule has 1 aliphatic carbocycles. The molecule has 4 unspecified atom stereocenters. The Kier molecular flexibility index (Phi) is 6.89. The second-order valence-corrected chi connectivity index (χ2v) is 9.57. The predicted octanol–water partition coefficient (Wildman–Crippen LogP) is 2.25. The summed E-state index contributed by atoms with van der Waals surface area (Å²) in [7, 11) is 2.08. The van der Waals surface area contributed by atoms with E-state index in [9.17, 15) is 4.79 Å². The third-order valence-corrected chi connectivity index (χ3v) is 6.91. The summed E-state index contributed by atoms with van der Waals surface area (Å²) in [5.74, 6) is 0. The minimum absolute atomic E-state index is 0.0381. The van der Waals surface area contributed by atoms with E-state index in [-0.39, 0.29) is 36.4 Å². The Morgan fingerprint density at radius 3 is 2.67 bits per heavy atom. The van der Waals surface area contributed by atoms with Crippen LogP contribution in [0.3, 0.4) is 0 Å². The summed E-state index contributed by atoms with van der Waals surface area (Å²) in [5.41, 5.74) is 2.18. The van der Waals surface area contributed by atoms with Gasteiger partial charge in [-0.05, 0) is 25.5 Å². The van der Waals surface area contributed by atoms with Gasteiger partial charge in [-0.1, -0.05) is 54.8 Å². The lowest BCUT2D eigenvalue weighted by molar-refractivity contribution is 0.0622. The molecule has 1 saturated carbocycles. The number of fused-ring (bicyclic) bond motifs is 1. The molecule has 178 valence electrons. The Labute approximate surface area is 194 Å². The van der Waals surface area contributed by atoms with E-state index in [2.05, 4.69) is 57.2 Å². The Bertz CT molecular complexity index is 916. The maximum Gasteiger partial charge on any atom is 0.315 e. The van der Waals surface area contributed by atoms with E-state index in [1.807, 2.05) is 16.9 Å². The molecule has 9 heteroatoms. The molecular formula is C24H34N6O3. The highest BCUT2D eigenvalue weighted by molar-refractivity contribution is 5.74. The first-order chi connectivity index (χ1) is 16.2. The molecule has 0 bridgehead atoms. The predicted molar refractivity (Wildman–Crippen MR) is 122 cm³/mol. The number of rotatable bonds is 7. The van der Waals surface area contributed by atoms with Gasteiger partial charge in [0.25, 0.3) is 0 Å². The number of carbonyl (C=O) groups is 1. The first kappa shape index (κ1) is 22.3. The van der Waals surface area contributed by atoms with Gasteiger partial charge in [-0.3, -0.25) is 4.90 Å². The number of ether oxygens (including phenoxy) is 2. The molecule has 1 aromatic carbocycles. The highest BCUT2D eigenvalue weighted by Crippen LogP contribution is 2.34. The number of benzene rings is 1. The van der Waals surface area contributed by atoms with Crippen molar-refractivity contribution in [1.29, 1.82) is 0 Å². The molecule has 2 aliphatic heterocycles. The van der Waals surface area contributed by atoms with Crippen molar-refractivity contribution in [2.45, 2.75) is 75.5 Å². The maximum absolute atomic E-state index is 12.5. The molecule has 3 fully saturated rings. The van der Waals surface area contributed by atoms with Gasteiger partial charge in [0, 0.05) is 19.1 Å². The average Bonchev–Trinajstić information content (AvgIpc) is 3.53. The van der Waals surface area contributed by atoms with Crippen LogP contribution in [0.1, 0.15) is 49.4 Å². The third-order valence-electron chi connectivity index (χ3n) is 6.91. The van der Waals surface area contributed by atoms with Gasteiger partial charge in [0.1, 0.15) is 18.2 Å². The van der Waals surface area contributed by atoms with Gasteiger partial charge in [0.05, 0.1) is 31.1 Å². The van der Waals surface area contributed by atoms with Crippen LogP contribution < -0.4 is 10.6 Å². The average molecular weight is 455 g/mol. The lowest BCUT2D eigenvalue weighted by Gasteiger charge is -2.24. The zero-order valence-electron chi connectivity index (χ0n) is 19.2. The fourth-order valence-electron chi connectivity index (χ4n) is 5.25. The van der Waals surface area contributed by atoms with Crippen molar-refractivity contribution in [1.82, 2.24) is 30.5 Å². The van der Waals surface area contributed by atoms with Crippen LogP contribution in [0, 0.1) is 0 Å². The normalized spacial score (nSPS) is 27.6. The Morgan fingerprint density at radius 2 is 1.85 bits per heavy atom. The maximum atomic E-state index is 12.5. The van der Waals surface area contributed by atoms with Crippen LogP contribution in [0.5, 0.6) is 0 Å². The highest BCUT2D eigenvalue weighted by atomic mass is 16.6. The summed E-state index contributed by atoms with van der Waals surface area (Å²) >= 11 is 0. The molecular weight excluding hydrogens is 420 g/mol. The standard InChI is InChI=1S/C24H34N6O3/c1-29(12-17-8-4-2-5-9-17)13-19-14-30(28-27-19)21-16-33-22-20(15-32-23(21)22)26-24(31)25-18-10-6-3-7-11-18/h2,4-5,8-9,14,18,20-23H,3,6-7,10-13,15-16H2,1H3,(H2,25,26,31). The first-order valence-corrected chi connectivity index (χ1v) is 12.1. The van der Waals surface area contributed by atoms with Gasteiger partial charge in [-0.25, -0.2) is 9.48 Å². The van der Waals surface area contributed by atoms with Crippen molar-refractivity contribution in [2.75, 3.05) is 20.3 Å². The fourth-order valence-corrected chi connectivity index (χ4v) is 5.25. The molecule has 2 amide bonds. The van der Waals surface area contributed by atoms with Crippen LogP contribution in [0.4, 0.5) is 4.79 Å². The lowest BCUT2D eigenvalue weighted by Crippen LogP contribution is -2.50. The van der Waals surface area contributed by atoms with Gasteiger partial charge in [0.15, 0.2) is 0 Å². The molecule has 1 aromatic heterocycles. The second-order valence-electron chi connectivity index (χ2n) is 9.57. The Hall–Kier alpha value is -2.49. The molecule has 2 saturated heterocycles. The van der Waals surface area contributed by atoms with Crippen LogP contribution in [-0.2, 0) is 22.6 Å². The summed E-state index contributed by atoms with van der Waals surface area (Å²) in [6.45, 7) is 2.51. The van der Waals surface area contributed by atoms with Crippen LogP contribution in [-0.4, -0.2) is 70.5 Å². The topological polar surface area (TPSA) is 93.5 Å². The van der Waals surface area contributed by atoms with Crippen molar-refractivity contribution >= 4 is 6.03 Å². The van der Waals surface area contributed by atoms with Crippen molar-refractivity contribution in [3.8, 4) is 0 Å². The lowest BCUT2D eigenvalue weighted by atomic mass is 9.96. The fraction of sp³-hybridized carbons (Fsp3) is 0.625. The SMILES string of the molecule is CN(Cc1ccccc1)Cc1cn(C2COC3C(NC(=O)NC4CCCCC4)COC32)nn1. The summed E-state index contributed by atoms with van der Waals surface area (Å²) < 4.78 is 14.0. The molecule has 5 rings (SSSR count). The van der Waals surface area contributed by atoms with Gasteiger partial charge >= 0.3 is 6.03 Å². The summed E-state index contributed by atoms with van der Waals surface area (Å²) in [6.07, 6.45) is 7.45. The second kappa shape index (κ2) is 10.2. The number of aromatic nitrogens is 3. The van der Waals surface area contributed by atoms with Crippen molar-refractivity contribution < 1.29 is 14.3 Å². The number of hydrogen-bond donors (Lipinski definition) is 2. The quantitative estimate of drug-likeness (QED) is 0.667. The smallest absolute Gasteiger partial charge is 0.315 e. The molecule has 0 radical (unpaired) electrons. The molecule has 9 nitrogen and oxygen atoms in total. The highest BCUT2D eigenvalue weighted by Gasteiger charge is 2.49. The third kappa shape index (κ3) is 5.37. The molecule has 2 aromatic rings. The van der Waals surface area contributed by atoms with Crippen LogP contribution in [0.25, 0.3) is 0 Å². The Morgan fingerprint density at radius 1 is 1.06 bits per heavy atom. The van der Waals surface area contributed by atoms with E-state index in [0.29, 0.717) is 19.8 Å². The number of amides is 2. The number of carbonyl (C=O) groups excluding carboxylic acids is 1. The number of nitrogens with one attached hydrogen (secondary N) is 2. The Balaban J connectivity index is 1.13. The molecule has 0 spiro atoms. The number of urea groups is 1. The zero-order chi connectivity index (χ0) is 22.6. The summed E-state index contributed by atoms with van der Waals surface area (Å²) in [4.78, 5) is 14.7. The largest absolute Gasteiger partial charge is 0.371 e. The van der Waals surface area contributed by atoms with Gasteiger partial charge in [-0.15, -0.1) is 5.10 Å².